The van der Waals surface area contributed by atoms with Crippen molar-refractivity contribution in [3.8, 4) is 0 Å². The Morgan fingerprint density at radius 2 is 2.12 bits per heavy atom. The number of likely N-dealkylation sites (N-methyl/N-ethyl adjacent to an activating group) is 1. The first-order valence-electron chi connectivity index (χ1n) is 7.22. The van der Waals surface area contributed by atoms with Gasteiger partial charge in [-0.2, -0.15) is 0 Å². The van der Waals surface area contributed by atoms with E-state index in [0.29, 0.717) is 12.1 Å². The van der Waals surface area contributed by atoms with Crippen LogP contribution in [0, 0.1) is 5.92 Å². The highest BCUT2D eigenvalue weighted by molar-refractivity contribution is 4.83. The molecule has 3 nitrogen and oxygen atoms in total. The molecule has 1 aliphatic heterocycles. The van der Waals surface area contributed by atoms with Crippen molar-refractivity contribution >= 4 is 0 Å². The molecule has 1 aliphatic rings. The van der Waals surface area contributed by atoms with E-state index in [2.05, 4.69) is 37.7 Å². The lowest BCUT2D eigenvalue weighted by Crippen LogP contribution is -2.47. The van der Waals surface area contributed by atoms with E-state index in [1.807, 2.05) is 0 Å². The van der Waals surface area contributed by atoms with E-state index in [-0.39, 0.29) is 0 Å². The van der Waals surface area contributed by atoms with Gasteiger partial charge < -0.3 is 15.5 Å². The summed E-state index contributed by atoms with van der Waals surface area (Å²) in [5.41, 5.74) is 6.29. The van der Waals surface area contributed by atoms with Gasteiger partial charge in [0.05, 0.1) is 0 Å². The summed E-state index contributed by atoms with van der Waals surface area (Å²) in [4.78, 5) is 4.94. The van der Waals surface area contributed by atoms with Gasteiger partial charge in [0.15, 0.2) is 0 Å². The molecule has 0 bridgehead atoms. The highest BCUT2D eigenvalue weighted by atomic mass is 15.2. The summed E-state index contributed by atoms with van der Waals surface area (Å²) in [5, 5.41) is 0. The molecule has 0 aromatic heterocycles. The van der Waals surface area contributed by atoms with Crippen LogP contribution >= 0.6 is 0 Å². The Morgan fingerprint density at radius 3 is 2.59 bits per heavy atom. The van der Waals surface area contributed by atoms with Crippen LogP contribution in [0.25, 0.3) is 0 Å². The highest BCUT2D eigenvalue weighted by Gasteiger charge is 2.25. The van der Waals surface area contributed by atoms with Crippen LogP contribution in [0.15, 0.2) is 0 Å². The molecule has 1 fully saturated rings. The van der Waals surface area contributed by atoms with Gasteiger partial charge in [-0.25, -0.2) is 0 Å². The van der Waals surface area contributed by atoms with Crippen LogP contribution in [-0.2, 0) is 0 Å². The average molecular weight is 241 g/mol. The van der Waals surface area contributed by atoms with E-state index in [1.54, 1.807) is 0 Å². The smallest absolute Gasteiger partial charge is 0.0241 e. The molecule has 0 aliphatic carbocycles. The molecule has 0 radical (unpaired) electrons. The van der Waals surface area contributed by atoms with E-state index >= 15 is 0 Å². The van der Waals surface area contributed by atoms with Gasteiger partial charge in [0, 0.05) is 25.2 Å². The summed E-state index contributed by atoms with van der Waals surface area (Å²) in [6.45, 7) is 8.20. The average Bonchev–Trinajstić information content (AvgIpc) is 2.65. The van der Waals surface area contributed by atoms with Crippen LogP contribution < -0.4 is 5.73 Å². The second-order valence-electron chi connectivity index (χ2n) is 5.78. The monoisotopic (exact) mass is 241 g/mol. The fraction of sp³-hybridized carbons (Fsp3) is 1.00. The summed E-state index contributed by atoms with van der Waals surface area (Å²) in [6.07, 6.45) is 4.85. The lowest BCUT2D eigenvalue weighted by atomic mass is 9.99. The van der Waals surface area contributed by atoms with E-state index in [9.17, 15) is 0 Å². The Labute approximate surface area is 107 Å². The number of nitrogens with two attached hydrogens (primary N) is 1. The van der Waals surface area contributed by atoms with Crippen LogP contribution in [0.4, 0.5) is 0 Å². The molecule has 3 atom stereocenters. The minimum absolute atomic E-state index is 0.342. The largest absolute Gasteiger partial charge is 0.326 e. The molecule has 17 heavy (non-hydrogen) atoms. The van der Waals surface area contributed by atoms with Gasteiger partial charge in [0.1, 0.15) is 0 Å². The summed E-state index contributed by atoms with van der Waals surface area (Å²) in [6, 6.07) is 0.898. The van der Waals surface area contributed by atoms with Crippen LogP contribution in [-0.4, -0.2) is 55.6 Å². The van der Waals surface area contributed by atoms with Crippen LogP contribution in [0.1, 0.15) is 39.5 Å². The van der Waals surface area contributed by atoms with Crippen LogP contribution in [0.5, 0.6) is 0 Å². The minimum atomic E-state index is 0.342. The quantitative estimate of drug-likeness (QED) is 0.737. The summed E-state index contributed by atoms with van der Waals surface area (Å²) in [7, 11) is 4.47. The van der Waals surface area contributed by atoms with E-state index in [4.69, 9.17) is 5.73 Å². The molecular formula is C14H31N3. The van der Waals surface area contributed by atoms with Crippen molar-refractivity contribution in [2.75, 3.05) is 33.7 Å². The molecular weight excluding hydrogens is 210 g/mol. The summed E-state index contributed by atoms with van der Waals surface area (Å²) < 4.78 is 0. The lowest BCUT2D eigenvalue weighted by Gasteiger charge is -2.33. The molecule has 0 saturated carbocycles. The Morgan fingerprint density at radius 1 is 1.41 bits per heavy atom. The van der Waals surface area contributed by atoms with Crippen molar-refractivity contribution in [2.24, 2.45) is 11.7 Å². The third kappa shape index (κ3) is 4.57. The third-order valence-corrected chi connectivity index (χ3v) is 4.14. The number of rotatable bonds is 7. The minimum Gasteiger partial charge on any atom is -0.326 e. The first-order valence-corrected chi connectivity index (χ1v) is 7.22. The number of hydrogen-bond donors (Lipinski definition) is 1. The third-order valence-electron chi connectivity index (χ3n) is 4.14. The zero-order valence-electron chi connectivity index (χ0n) is 12.2. The molecule has 0 aromatic carbocycles. The fourth-order valence-corrected chi connectivity index (χ4v) is 3.19. The molecule has 1 saturated heterocycles. The Kier molecular flexibility index (Phi) is 6.45. The van der Waals surface area contributed by atoms with Gasteiger partial charge in [-0.3, -0.25) is 0 Å². The SMILES string of the molecule is CCCC(N)C(CC)N(C)CC1CCN(C)C1. The van der Waals surface area contributed by atoms with Crippen LogP contribution in [0.3, 0.4) is 0 Å². The van der Waals surface area contributed by atoms with E-state index in [1.165, 1.54) is 38.9 Å². The molecule has 2 N–H and O–H groups in total. The molecule has 102 valence electrons. The Balaban J connectivity index is 2.40. The second-order valence-corrected chi connectivity index (χ2v) is 5.78. The number of likely N-dealkylation sites (tertiary alicyclic amines) is 1. The van der Waals surface area contributed by atoms with Crippen molar-refractivity contribution in [1.29, 1.82) is 0 Å². The maximum atomic E-state index is 6.29. The zero-order chi connectivity index (χ0) is 12.8. The van der Waals surface area contributed by atoms with Gasteiger partial charge in [0.25, 0.3) is 0 Å². The molecule has 3 heteroatoms. The molecule has 0 spiro atoms. The number of nitrogens with zero attached hydrogens (tertiary/aromatic N) is 2. The first kappa shape index (κ1) is 14.9. The Bertz CT molecular complexity index is 208. The van der Waals surface area contributed by atoms with Crippen molar-refractivity contribution < 1.29 is 0 Å². The van der Waals surface area contributed by atoms with Crippen LogP contribution in [0.2, 0.25) is 0 Å². The van der Waals surface area contributed by atoms with Gasteiger partial charge in [0.2, 0.25) is 0 Å². The predicted molar refractivity (Wildman–Crippen MR) is 75.2 cm³/mol. The summed E-state index contributed by atoms with van der Waals surface area (Å²) >= 11 is 0. The molecule has 1 heterocycles. The zero-order valence-corrected chi connectivity index (χ0v) is 12.2. The van der Waals surface area contributed by atoms with Crippen molar-refractivity contribution in [1.82, 2.24) is 9.80 Å². The van der Waals surface area contributed by atoms with Gasteiger partial charge >= 0.3 is 0 Å². The normalized spacial score (nSPS) is 25.4. The topological polar surface area (TPSA) is 32.5 Å². The molecule has 1 rings (SSSR count). The van der Waals surface area contributed by atoms with Crippen molar-refractivity contribution in [2.45, 2.75) is 51.6 Å². The lowest BCUT2D eigenvalue weighted by molar-refractivity contribution is 0.172. The maximum Gasteiger partial charge on any atom is 0.0241 e. The Hall–Kier alpha value is -0.120. The summed E-state index contributed by atoms with van der Waals surface area (Å²) in [5.74, 6) is 0.841. The fourth-order valence-electron chi connectivity index (χ4n) is 3.19. The van der Waals surface area contributed by atoms with E-state index < -0.39 is 0 Å². The van der Waals surface area contributed by atoms with Gasteiger partial charge in [-0.15, -0.1) is 0 Å². The highest BCUT2D eigenvalue weighted by Crippen LogP contribution is 2.18. The van der Waals surface area contributed by atoms with E-state index in [0.717, 1.165) is 12.3 Å². The van der Waals surface area contributed by atoms with Crippen molar-refractivity contribution in [3.63, 3.8) is 0 Å². The standard InChI is InChI=1S/C14H31N3/c1-5-7-13(15)14(6-2)17(4)11-12-8-9-16(3)10-12/h12-14H,5-11,15H2,1-4H3. The van der Waals surface area contributed by atoms with Crippen molar-refractivity contribution in [3.05, 3.63) is 0 Å². The molecule has 0 amide bonds. The second kappa shape index (κ2) is 7.34. The molecule has 3 unspecified atom stereocenters. The first-order chi connectivity index (χ1) is 8.08. The van der Waals surface area contributed by atoms with Gasteiger partial charge in [-0.05, 0) is 45.8 Å². The van der Waals surface area contributed by atoms with Gasteiger partial charge in [-0.1, -0.05) is 20.3 Å². The predicted octanol–water partition coefficient (Wildman–Crippen LogP) is 1.78. The number of hydrogen-bond acceptors (Lipinski definition) is 3. The maximum absolute atomic E-state index is 6.29. The molecule has 0 aromatic rings.